The minimum atomic E-state index is -3.61. The lowest BCUT2D eigenvalue weighted by Gasteiger charge is -2.35. The molecule has 0 unspecified atom stereocenters. The number of carbonyl (C=O) groups excluding carboxylic acids is 1. The summed E-state index contributed by atoms with van der Waals surface area (Å²) in [6.07, 6.45) is 4.61. The zero-order chi connectivity index (χ0) is 23.7. The van der Waals surface area contributed by atoms with Gasteiger partial charge in [-0.15, -0.1) is 0 Å². The molecule has 0 radical (unpaired) electrons. The lowest BCUT2D eigenvalue weighted by Crippen LogP contribution is -2.50. The topological polar surface area (TPSA) is 93.4 Å². The number of fused-ring (bicyclic) bond motifs is 1. The molecule has 1 saturated heterocycles. The second-order valence-corrected chi connectivity index (χ2v) is 12.6. The molecule has 0 spiro atoms. The highest BCUT2D eigenvalue weighted by atomic mass is 32.2. The van der Waals surface area contributed by atoms with E-state index in [2.05, 4.69) is 9.88 Å². The lowest BCUT2D eigenvalue weighted by molar-refractivity contribution is 0.0136. The van der Waals surface area contributed by atoms with Gasteiger partial charge in [-0.1, -0.05) is 0 Å². The van der Waals surface area contributed by atoms with Gasteiger partial charge in [0.15, 0.2) is 9.84 Å². The average molecular weight is 467 g/mol. The summed E-state index contributed by atoms with van der Waals surface area (Å²) >= 11 is 0. The molecule has 0 saturated carbocycles. The summed E-state index contributed by atoms with van der Waals surface area (Å²) in [5.41, 5.74) is 0.113. The van der Waals surface area contributed by atoms with Crippen LogP contribution >= 0.6 is 0 Å². The Bertz CT molecular complexity index is 1060. The van der Waals surface area contributed by atoms with Crippen molar-refractivity contribution in [3.63, 3.8) is 0 Å². The molecule has 1 amide bonds. The van der Waals surface area contributed by atoms with Crippen molar-refractivity contribution in [3.05, 3.63) is 24.7 Å². The van der Waals surface area contributed by atoms with E-state index in [0.29, 0.717) is 50.7 Å². The molecule has 32 heavy (non-hydrogen) atoms. The third kappa shape index (κ3) is 5.53. The molecule has 0 atom stereocenters. The van der Waals surface area contributed by atoms with Gasteiger partial charge < -0.3 is 18.8 Å². The first-order valence-corrected chi connectivity index (χ1v) is 12.3. The summed E-state index contributed by atoms with van der Waals surface area (Å²) < 4.78 is 38.4. The Morgan fingerprint density at radius 3 is 2.34 bits per heavy atom. The van der Waals surface area contributed by atoms with Crippen LogP contribution in [0.15, 0.2) is 29.6 Å². The molecule has 10 heteroatoms. The van der Waals surface area contributed by atoms with Crippen molar-refractivity contribution in [1.29, 1.82) is 0 Å². The van der Waals surface area contributed by atoms with Gasteiger partial charge in [0.25, 0.3) is 0 Å². The summed E-state index contributed by atoms with van der Waals surface area (Å²) in [4.78, 5) is 20.5. The van der Waals surface area contributed by atoms with E-state index in [9.17, 15) is 13.2 Å². The van der Waals surface area contributed by atoms with Gasteiger partial charge in [-0.25, -0.2) is 18.2 Å². The van der Waals surface area contributed by atoms with Gasteiger partial charge in [0.05, 0.1) is 4.75 Å². The quantitative estimate of drug-likeness (QED) is 0.669. The Balaban J connectivity index is 1.63. The Morgan fingerprint density at radius 2 is 1.75 bits per heavy atom. The molecule has 0 N–H and O–H groups in total. The summed E-state index contributed by atoms with van der Waals surface area (Å²) in [6, 6.07) is 1.67. The molecule has 9 nitrogen and oxygen atoms in total. The monoisotopic (exact) mass is 466 g/mol. The first kappa shape index (κ1) is 24.3. The number of ether oxygens (including phenoxy) is 2. The smallest absolute Gasteiger partial charge is 0.410 e. The van der Waals surface area contributed by atoms with Gasteiger partial charge in [0, 0.05) is 57.4 Å². The molecule has 0 aliphatic carbocycles. The third-order valence-electron chi connectivity index (χ3n) is 5.24. The van der Waals surface area contributed by atoms with Crippen LogP contribution in [0.5, 0.6) is 5.75 Å². The minimum absolute atomic E-state index is 0.158. The standard InChI is InChI=1S/C22H34N4O5S/c1-21(2,3)31-20(27)25-11-9-24(10-12-25)13-14-30-17-15-19-23-7-8-26(19)16-18(17)32(28,29)22(4,5)6/h7-8,15-16H,9-14H2,1-6H3. The normalized spacial score (nSPS) is 16.4. The van der Waals surface area contributed by atoms with E-state index in [0.717, 1.165) is 0 Å². The fraction of sp³-hybridized carbons (Fsp3) is 0.636. The molecule has 1 fully saturated rings. The highest BCUT2D eigenvalue weighted by Gasteiger charge is 2.34. The van der Waals surface area contributed by atoms with Crippen molar-refractivity contribution in [2.75, 3.05) is 39.3 Å². The summed E-state index contributed by atoms with van der Waals surface area (Å²) in [5.74, 6) is 0.311. The molecule has 178 valence electrons. The molecule has 2 aromatic rings. The predicted molar refractivity (Wildman–Crippen MR) is 122 cm³/mol. The highest BCUT2D eigenvalue weighted by molar-refractivity contribution is 7.92. The number of pyridine rings is 1. The number of hydrogen-bond acceptors (Lipinski definition) is 7. The molecule has 1 aliphatic rings. The van der Waals surface area contributed by atoms with Crippen molar-refractivity contribution in [1.82, 2.24) is 19.2 Å². The van der Waals surface area contributed by atoms with E-state index in [1.807, 2.05) is 20.8 Å². The lowest BCUT2D eigenvalue weighted by atomic mass is 10.2. The Hall–Kier alpha value is -2.33. The van der Waals surface area contributed by atoms with Crippen LogP contribution in [-0.4, -0.2) is 83.4 Å². The van der Waals surface area contributed by atoms with Crippen LogP contribution in [0.1, 0.15) is 41.5 Å². The van der Waals surface area contributed by atoms with Crippen LogP contribution in [0.4, 0.5) is 4.79 Å². The largest absolute Gasteiger partial charge is 0.491 e. The Labute approximate surface area is 190 Å². The maximum atomic E-state index is 13.1. The van der Waals surface area contributed by atoms with Crippen LogP contribution in [0.3, 0.4) is 0 Å². The van der Waals surface area contributed by atoms with Crippen molar-refractivity contribution in [2.45, 2.75) is 56.8 Å². The van der Waals surface area contributed by atoms with Gasteiger partial charge >= 0.3 is 6.09 Å². The number of carbonyl (C=O) groups is 1. The second-order valence-electron chi connectivity index (χ2n) is 9.97. The van der Waals surface area contributed by atoms with Gasteiger partial charge in [-0.3, -0.25) is 4.90 Å². The zero-order valence-corrected chi connectivity index (χ0v) is 20.6. The van der Waals surface area contributed by atoms with E-state index >= 15 is 0 Å². The van der Waals surface area contributed by atoms with Crippen LogP contribution in [0.2, 0.25) is 0 Å². The third-order valence-corrected chi connectivity index (χ3v) is 7.74. The van der Waals surface area contributed by atoms with E-state index in [1.165, 1.54) is 0 Å². The maximum absolute atomic E-state index is 13.1. The molecular weight excluding hydrogens is 432 g/mol. The van der Waals surface area contributed by atoms with E-state index in [1.54, 1.807) is 54.7 Å². The average Bonchev–Trinajstić information content (AvgIpc) is 3.13. The first-order valence-electron chi connectivity index (χ1n) is 10.8. The maximum Gasteiger partial charge on any atom is 0.410 e. The van der Waals surface area contributed by atoms with Crippen molar-refractivity contribution >= 4 is 21.6 Å². The summed E-state index contributed by atoms with van der Waals surface area (Å²) in [5, 5.41) is 0. The minimum Gasteiger partial charge on any atom is -0.491 e. The summed E-state index contributed by atoms with van der Waals surface area (Å²) in [6.45, 7) is 14.1. The van der Waals surface area contributed by atoms with Crippen LogP contribution in [-0.2, 0) is 14.6 Å². The molecule has 0 aromatic carbocycles. The number of nitrogens with zero attached hydrogens (tertiary/aromatic N) is 4. The van der Waals surface area contributed by atoms with Crippen molar-refractivity contribution in [2.24, 2.45) is 0 Å². The SMILES string of the molecule is CC(C)(C)OC(=O)N1CCN(CCOc2cc3nccn3cc2S(=O)(=O)C(C)(C)C)CC1. The van der Waals surface area contributed by atoms with Crippen LogP contribution in [0, 0.1) is 0 Å². The van der Waals surface area contributed by atoms with E-state index in [-0.39, 0.29) is 11.0 Å². The molecule has 3 heterocycles. The van der Waals surface area contributed by atoms with Crippen molar-refractivity contribution in [3.8, 4) is 5.75 Å². The molecule has 2 aromatic heterocycles. The fourth-order valence-corrected chi connectivity index (χ4v) is 4.63. The highest BCUT2D eigenvalue weighted by Crippen LogP contribution is 2.32. The summed E-state index contributed by atoms with van der Waals surface area (Å²) in [7, 11) is -3.61. The molecule has 3 rings (SSSR count). The van der Waals surface area contributed by atoms with E-state index in [4.69, 9.17) is 9.47 Å². The van der Waals surface area contributed by atoms with Gasteiger partial charge in [-0.2, -0.15) is 0 Å². The number of hydrogen-bond donors (Lipinski definition) is 0. The van der Waals surface area contributed by atoms with Crippen LogP contribution in [0.25, 0.3) is 5.65 Å². The number of amides is 1. The number of sulfone groups is 1. The number of imidazole rings is 1. The fourth-order valence-electron chi connectivity index (χ4n) is 3.33. The van der Waals surface area contributed by atoms with Crippen LogP contribution < -0.4 is 4.74 Å². The Kier molecular flexibility index (Phi) is 6.76. The Morgan fingerprint density at radius 1 is 1.09 bits per heavy atom. The van der Waals surface area contributed by atoms with Gasteiger partial charge in [0.1, 0.15) is 28.5 Å². The number of rotatable bonds is 5. The van der Waals surface area contributed by atoms with Gasteiger partial charge in [0.2, 0.25) is 0 Å². The number of aromatic nitrogens is 2. The number of piperazine rings is 1. The molecular formula is C22H34N4O5S. The molecule has 0 bridgehead atoms. The zero-order valence-electron chi connectivity index (χ0n) is 19.8. The predicted octanol–water partition coefficient (Wildman–Crippen LogP) is 2.84. The van der Waals surface area contributed by atoms with Gasteiger partial charge in [-0.05, 0) is 41.5 Å². The van der Waals surface area contributed by atoms with Crippen molar-refractivity contribution < 1.29 is 22.7 Å². The van der Waals surface area contributed by atoms with E-state index < -0.39 is 20.2 Å². The second kappa shape index (κ2) is 8.90. The first-order chi connectivity index (χ1) is 14.8. The molecule has 1 aliphatic heterocycles.